The smallest absolute Gasteiger partial charge is 0.255 e. The average molecular weight is 371 g/mol. The average Bonchev–Trinajstić information content (AvgIpc) is 3.16. The summed E-state index contributed by atoms with van der Waals surface area (Å²) in [6.07, 6.45) is 4.85. The van der Waals surface area contributed by atoms with Crippen LogP contribution in [-0.4, -0.2) is 15.3 Å². The number of benzene rings is 2. The van der Waals surface area contributed by atoms with E-state index in [2.05, 4.69) is 17.2 Å². The summed E-state index contributed by atoms with van der Waals surface area (Å²) in [6, 6.07) is 20.9. The van der Waals surface area contributed by atoms with Gasteiger partial charge >= 0.3 is 0 Å². The number of carbonyl (C=O) groups excluding carboxylic acids is 1. The van der Waals surface area contributed by atoms with E-state index in [1.807, 2.05) is 83.5 Å². The standard InChI is InChI=1S/C23H21N3O2/c1-2-17-9-11-18(12-10-17)23(27)25-19-6-5-7-21(14-19)28-16-20-15-26-13-4-3-8-22(26)24-20/h3-15H,2,16H2,1H3,(H,25,27). The molecule has 2 heterocycles. The van der Waals surface area contributed by atoms with Crippen molar-refractivity contribution in [1.29, 1.82) is 0 Å². The van der Waals surface area contributed by atoms with Crippen molar-refractivity contribution >= 4 is 17.2 Å². The van der Waals surface area contributed by atoms with Crippen LogP contribution in [0.4, 0.5) is 5.69 Å². The van der Waals surface area contributed by atoms with E-state index in [0.717, 1.165) is 17.8 Å². The molecule has 0 fully saturated rings. The van der Waals surface area contributed by atoms with Crippen LogP contribution < -0.4 is 10.1 Å². The first kappa shape index (κ1) is 17.8. The van der Waals surface area contributed by atoms with Crippen LogP contribution in [-0.2, 0) is 13.0 Å². The van der Waals surface area contributed by atoms with E-state index in [1.165, 1.54) is 5.56 Å². The molecule has 2 aromatic heterocycles. The number of nitrogens with one attached hydrogen (secondary N) is 1. The number of hydrogen-bond donors (Lipinski definition) is 1. The maximum absolute atomic E-state index is 12.4. The van der Waals surface area contributed by atoms with Crippen molar-refractivity contribution in [3.8, 4) is 5.75 Å². The Morgan fingerprint density at radius 3 is 2.71 bits per heavy atom. The molecule has 0 aliphatic rings. The lowest BCUT2D eigenvalue weighted by Gasteiger charge is -2.09. The van der Waals surface area contributed by atoms with Gasteiger partial charge in [0.15, 0.2) is 0 Å². The van der Waals surface area contributed by atoms with E-state index in [0.29, 0.717) is 23.6 Å². The number of nitrogens with zero attached hydrogens (tertiary/aromatic N) is 2. The molecule has 0 radical (unpaired) electrons. The third-order valence-electron chi connectivity index (χ3n) is 4.52. The minimum absolute atomic E-state index is 0.139. The van der Waals surface area contributed by atoms with Gasteiger partial charge in [0.2, 0.25) is 0 Å². The summed E-state index contributed by atoms with van der Waals surface area (Å²) in [4.78, 5) is 17.0. The first-order chi connectivity index (χ1) is 13.7. The van der Waals surface area contributed by atoms with Gasteiger partial charge in [-0.1, -0.05) is 31.2 Å². The molecule has 5 nitrogen and oxygen atoms in total. The fraction of sp³-hybridized carbons (Fsp3) is 0.130. The highest BCUT2D eigenvalue weighted by Gasteiger charge is 2.07. The van der Waals surface area contributed by atoms with Crippen LogP contribution in [0.1, 0.15) is 28.5 Å². The lowest BCUT2D eigenvalue weighted by molar-refractivity contribution is 0.102. The summed E-state index contributed by atoms with van der Waals surface area (Å²) in [7, 11) is 0. The molecule has 0 aliphatic carbocycles. The van der Waals surface area contributed by atoms with Crippen LogP contribution in [0.25, 0.3) is 5.65 Å². The highest BCUT2D eigenvalue weighted by Crippen LogP contribution is 2.19. The number of imidazole rings is 1. The lowest BCUT2D eigenvalue weighted by Crippen LogP contribution is -2.11. The van der Waals surface area contributed by atoms with Crippen molar-refractivity contribution in [2.24, 2.45) is 0 Å². The first-order valence-corrected chi connectivity index (χ1v) is 9.27. The molecule has 4 rings (SSSR count). The third-order valence-corrected chi connectivity index (χ3v) is 4.52. The van der Waals surface area contributed by atoms with Gasteiger partial charge < -0.3 is 14.5 Å². The number of aromatic nitrogens is 2. The van der Waals surface area contributed by atoms with Gasteiger partial charge in [-0.2, -0.15) is 0 Å². The zero-order valence-corrected chi connectivity index (χ0v) is 15.6. The number of pyridine rings is 1. The number of fused-ring (bicyclic) bond motifs is 1. The molecule has 1 N–H and O–H groups in total. The topological polar surface area (TPSA) is 55.6 Å². The number of amides is 1. The lowest BCUT2D eigenvalue weighted by atomic mass is 10.1. The van der Waals surface area contributed by atoms with Crippen molar-refractivity contribution in [2.45, 2.75) is 20.0 Å². The van der Waals surface area contributed by atoms with Crippen molar-refractivity contribution < 1.29 is 9.53 Å². The maximum Gasteiger partial charge on any atom is 0.255 e. The summed E-state index contributed by atoms with van der Waals surface area (Å²) in [5.41, 5.74) is 4.26. The van der Waals surface area contributed by atoms with Crippen LogP contribution in [0.15, 0.2) is 79.1 Å². The molecular weight excluding hydrogens is 350 g/mol. The quantitative estimate of drug-likeness (QED) is 0.533. The largest absolute Gasteiger partial charge is 0.487 e. The summed E-state index contributed by atoms with van der Waals surface area (Å²) >= 11 is 0. The van der Waals surface area contributed by atoms with Crippen LogP contribution in [0.3, 0.4) is 0 Å². The minimum atomic E-state index is -0.139. The minimum Gasteiger partial charge on any atom is -0.487 e. The summed E-state index contributed by atoms with van der Waals surface area (Å²) < 4.78 is 7.81. The van der Waals surface area contributed by atoms with E-state index in [4.69, 9.17) is 4.74 Å². The van der Waals surface area contributed by atoms with Gasteiger partial charge in [0, 0.05) is 29.7 Å². The monoisotopic (exact) mass is 371 g/mol. The molecule has 0 saturated heterocycles. The van der Waals surface area contributed by atoms with Gasteiger partial charge in [0.25, 0.3) is 5.91 Å². The van der Waals surface area contributed by atoms with E-state index >= 15 is 0 Å². The third kappa shape index (κ3) is 4.04. The fourth-order valence-electron chi connectivity index (χ4n) is 2.97. The van der Waals surface area contributed by atoms with Crippen LogP contribution >= 0.6 is 0 Å². The Morgan fingerprint density at radius 2 is 1.93 bits per heavy atom. The number of ether oxygens (including phenoxy) is 1. The SMILES string of the molecule is CCc1ccc(C(=O)Nc2cccc(OCc3cn4ccccc4n3)c2)cc1. The van der Waals surface area contributed by atoms with Gasteiger partial charge in [-0.15, -0.1) is 0 Å². The molecule has 1 amide bonds. The van der Waals surface area contributed by atoms with E-state index < -0.39 is 0 Å². The van der Waals surface area contributed by atoms with Gasteiger partial charge in [-0.3, -0.25) is 4.79 Å². The van der Waals surface area contributed by atoms with E-state index in [1.54, 1.807) is 0 Å². The van der Waals surface area contributed by atoms with E-state index in [9.17, 15) is 4.79 Å². The van der Waals surface area contributed by atoms with Crippen molar-refractivity contribution in [3.05, 3.63) is 95.9 Å². The second-order valence-corrected chi connectivity index (χ2v) is 6.52. The van der Waals surface area contributed by atoms with Gasteiger partial charge in [-0.25, -0.2) is 4.98 Å². The van der Waals surface area contributed by atoms with Gasteiger partial charge in [-0.05, 0) is 48.4 Å². The predicted molar refractivity (Wildman–Crippen MR) is 110 cm³/mol. The molecule has 0 unspecified atom stereocenters. The van der Waals surface area contributed by atoms with Gasteiger partial charge in [0.1, 0.15) is 18.0 Å². The number of aryl methyl sites for hydroxylation is 1. The Bertz CT molecular complexity index is 1070. The van der Waals surface area contributed by atoms with Crippen molar-refractivity contribution in [3.63, 3.8) is 0 Å². The molecule has 0 bridgehead atoms. The molecule has 0 spiro atoms. The second kappa shape index (κ2) is 7.96. The second-order valence-electron chi connectivity index (χ2n) is 6.52. The molecule has 140 valence electrons. The Kier molecular flexibility index (Phi) is 5.06. The Morgan fingerprint density at radius 1 is 1.07 bits per heavy atom. The summed E-state index contributed by atoms with van der Waals surface area (Å²) in [5, 5.41) is 2.92. The maximum atomic E-state index is 12.4. The molecule has 4 aromatic rings. The van der Waals surface area contributed by atoms with Crippen LogP contribution in [0, 0.1) is 0 Å². The fourth-order valence-corrected chi connectivity index (χ4v) is 2.97. The Hall–Kier alpha value is -3.60. The zero-order chi connectivity index (χ0) is 19.3. The molecule has 2 aromatic carbocycles. The van der Waals surface area contributed by atoms with E-state index in [-0.39, 0.29) is 5.91 Å². The first-order valence-electron chi connectivity index (χ1n) is 9.27. The molecule has 28 heavy (non-hydrogen) atoms. The Balaban J connectivity index is 1.41. The van der Waals surface area contributed by atoms with Crippen molar-refractivity contribution in [1.82, 2.24) is 9.38 Å². The predicted octanol–water partition coefficient (Wildman–Crippen LogP) is 4.73. The molecule has 0 atom stereocenters. The number of rotatable bonds is 6. The van der Waals surface area contributed by atoms with Crippen LogP contribution in [0.2, 0.25) is 0 Å². The zero-order valence-electron chi connectivity index (χ0n) is 15.6. The molecular formula is C23H21N3O2. The van der Waals surface area contributed by atoms with Crippen LogP contribution in [0.5, 0.6) is 5.75 Å². The molecule has 0 aliphatic heterocycles. The number of hydrogen-bond acceptors (Lipinski definition) is 3. The van der Waals surface area contributed by atoms with Gasteiger partial charge in [0.05, 0.1) is 5.69 Å². The van der Waals surface area contributed by atoms with Crippen molar-refractivity contribution in [2.75, 3.05) is 5.32 Å². The summed E-state index contributed by atoms with van der Waals surface area (Å²) in [6.45, 7) is 2.45. The Labute approximate surface area is 163 Å². The number of anilines is 1. The highest BCUT2D eigenvalue weighted by molar-refractivity contribution is 6.04. The number of carbonyl (C=O) groups is 1. The summed E-state index contributed by atoms with van der Waals surface area (Å²) in [5.74, 6) is 0.538. The normalized spacial score (nSPS) is 10.8. The highest BCUT2D eigenvalue weighted by atomic mass is 16.5. The molecule has 0 saturated carbocycles. The molecule has 5 heteroatoms.